The Kier molecular flexibility index (Phi) is 9.13. The molecule has 0 saturated carbocycles. The molecule has 1 atom stereocenters. The average Bonchev–Trinajstić information content (AvgIpc) is 2.64. The number of benzene rings is 1. The number of aliphatic imine (C=N–C) groups is 1. The molecular weight excluding hydrogens is 328 g/mol. The molecule has 0 saturated heterocycles. The second-order valence-electron chi connectivity index (χ2n) is 7.00. The van der Waals surface area contributed by atoms with Crippen molar-refractivity contribution in [1.29, 1.82) is 0 Å². The SMILES string of the molecule is CCNC(=NCc1cccc(C(=O)NC(C)CC)c1)NCC(C)(C)OC. The van der Waals surface area contributed by atoms with Crippen LogP contribution in [0, 0.1) is 0 Å². The Morgan fingerprint density at radius 2 is 2.00 bits per heavy atom. The van der Waals surface area contributed by atoms with E-state index in [1.54, 1.807) is 7.11 Å². The van der Waals surface area contributed by atoms with Gasteiger partial charge in [0.1, 0.15) is 0 Å². The van der Waals surface area contributed by atoms with Crippen molar-refractivity contribution >= 4 is 11.9 Å². The van der Waals surface area contributed by atoms with E-state index in [9.17, 15) is 4.79 Å². The molecule has 0 spiro atoms. The van der Waals surface area contributed by atoms with E-state index in [1.165, 1.54) is 0 Å². The number of hydrogen-bond donors (Lipinski definition) is 3. The maximum absolute atomic E-state index is 12.3. The molecule has 26 heavy (non-hydrogen) atoms. The molecular formula is C20H34N4O2. The van der Waals surface area contributed by atoms with Gasteiger partial charge in [-0.05, 0) is 51.8 Å². The first-order valence-corrected chi connectivity index (χ1v) is 9.28. The number of nitrogens with one attached hydrogen (secondary N) is 3. The molecule has 3 N–H and O–H groups in total. The summed E-state index contributed by atoms with van der Waals surface area (Å²) >= 11 is 0. The van der Waals surface area contributed by atoms with Crippen LogP contribution in [0.3, 0.4) is 0 Å². The highest BCUT2D eigenvalue weighted by atomic mass is 16.5. The van der Waals surface area contributed by atoms with Crippen LogP contribution in [0.4, 0.5) is 0 Å². The van der Waals surface area contributed by atoms with Gasteiger partial charge in [-0.15, -0.1) is 0 Å². The highest BCUT2D eigenvalue weighted by molar-refractivity contribution is 5.94. The van der Waals surface area contributed by atoms with E-state index >= 15 is 0 Å². The lowest BCUT2D eigenvalue weighted by atomic mass is 10.1. The summed E-state index contributed by atoms with van der Waals surface area (Å²) in [7, 11) is 1.70. The molecule has 1 rings (SSSR count). The number of carbonyl (C=O) groups is 1. The lowest BCUT2D eigenvalue weighted by molar-refractivity contribution is 0.0268. The molecule has 1 aromatic carbocycles. The summed E-state index contributed by atoms with van der Waals surface area (Å²) in [6.07, 6.45) is 0.908. The molecule has 0 heterocycles. The number of rotatable bonds is 9. The van der Waals surface area contributed by atoms with Crippen LogP contribution in [0.25, 0.3) is 0 Å². The average molecular weight is 363 g/mol. The van der Waals surface area contributed by atoms with Gasteiger partial charge in [-0.3, -0.25) is 4.79 Å². The fraction of sp³-hybridized carbons (Fsp3) is 0.600. The monoisotopic (exact) mass is 362 g/mol. The van der Waals surface area contributed by atoms with E-state index in [0.717, 1.165) is 24.5 Å². The molecule has 6 nitrogen and oxygen atoms in total. The number of methoxy groups -OCH3 is 1. The maximum atomic E-state index is 12.3. The van der Waals surface area contributed by atoms with E-state index in [4.69, 9.17) is 4.74 Å². The summed E-state index contributed by atoms with van der Waals surface area (Å²) in [6.45, 7) is 12.0. The Balaban J connectivity index is 2.77. The van der Waals surface area contributed by atoms with Gasteiger partial charge < -0.3 is 20.7 Å². The van der Waals surface area contributed by atoms with Crippen LogP contribution in [0.5, 0.6) is 0 Å². The molecule has 146 valence electrons. The first-order chi connectivity index (χ1) is 12.3. The Labute approximate surface area is 157 Å². The third-order valence-corrected chi connectivity index (χ3v) is 4.18. The Hall–Kier alpha value is -2.08. The summed E-state index contributed by atoms with van der Waals surface area (Å²) in [5, 5.41) is 9.50. The molecule has 0 aromatic heterocycles. The van der Waals surface area contributed by atoms with Crippen LogP contribution in [-0.4, -0.2) is 43.7 Å². The van der Waals surface area contributed by atoms with Crippen LogP contribution >= 0.6 is 0 Å². The lowest BCUT2D eigenvalue weighted by Crippen LogP contribution is -2.45. The standard InChI is InChI=1S/C20H34N4O2/c1-7-15(3)24-18(25)17-11-9-10-16(12-17)13-22-19(21-8-2)23-14-20(4,5)26-6/h9-12,15H,7-8,13-14H2,1-6H3,(H,24,25)(H2,21,22,23). The zero-order chi connectivity index (χ0) is 19.6. The van der Waals surface area contributed by atoms with Gasteiger partial charge in [0.05, 0.1) is 12.1 Å². The second-order valence-corrected chi connectivity index (χ2v) is 7.00. The van der Waals surface area contributed by atoms with Gasteiger partial charge in [0, 0.05) is 31.8 Å². The Bertz CT molecular complexity index is 599. The van der Waals surface area contributed by atoms with Crippen molar-refractivity contribution in [1.82, 2.24) is 16.0 Å². The van der Waals surface area contributed by atoms with Crippen molar-refractivity contribution in [2.75, 3.05) is 20.2 Å². The Morgan fingerprint density at radius 3 is 2.62 bits per heavy atom. The van der Waals surface area contributed by atoms with E-state index < -0.39 is 0 Å². The third kappa shape index (κ3) is 7.87. The number of ether oxygens (including phenoxy) is 1. The maximum Gasteiger partial charge on any atom is 0.251 e. The third-order valence-electron chi connectivity index (χ3n) is 4.18. The minimum absolute atomic E-state index is 0.0444. The van der Waals surface area contributed by atoms with E-state index in [0.29, 0.717) is 18.7 Å². The molecule has 0 aliphatic carbocycles. The van der Waals surface area contributed by atoms with Gasteiger partial charge in [0.2, 0.25) is 0 Å². The zero-order valence-electron chi connectivity index (χ0n) is 17.0. The zero-order valence-corrected chi connectivity index (χ0v) is 17.0. The number of guanidine groups is 1. The summed E-state index contributed by atoms with van der Waals surface area (Å²) in [5.74, 6) is 0.684. The van der Waals surface area contributed by atoms with Crippen LogP contribution in [0.2, 0.25) is 0 Å². The minimum atomic E-state index is -0.274. The quantitative estimate of drug-likeness (QED) is 0.466. The van der Waals surface area contributed by atoms with Gasteiger partial charge in [-0.1, -0.05) is 19.1 Å². The largest absolute Gasteiger partial charge is 0.377 e. The Morgan fingerprint density at radius 1 is 1.27 bits per heavy atom. The van der Waals surface area contributed by atoms with Crippen molar-refractivity contribution in [3.63, 3.8) is 0 Å². The molecule has 0 fully saturated rings. The number of amides is 1. The predicted octanol–water partition coefficient (Wildman–Crippen LogP) is 2.70. The van der Waals surface area contributed by atoms with Gasteiger partial charge in [-0.25, -0.2) is 4.99 Å². The van der Waals surface area contributed by atoms with Gasteiger partial charge >= 0.3 is 0 Å². The van der Waals surface area contributed by atoms with E-state index in [-0.39, 0.29) is 17.6 Å². The summed E-state index contributed by atoms with van der Waals surface area (Å²) in [5.41, 5.74) is 1.38. The summed E-state index contributed by atoms with van der Waals surface area (Å²) in [4.78, 5) is 16.9. The van der Waals surface area contributed by atoms with Crippen LogP contribution < -0.4 is 16.0 Å². The van der Waals surface area contributed by atoms with Crippen molar-refractivity contribution in [3.05, 3.63) is 35.4 Å². The summed E-state index contributed by atoms with van der Waals surface area (Å²) < 4.78 is 5.42. The van der Waals surface area contributed by atoms with Crippen molar-refractivity contribution in [2.24, 2.45) is 4.99 Å². The normalized spacial score (nSPS) is 13.2. The van der Waals surface area contributed by atoms with Crippen LogP contribution in [-0.2, 0) is 11.3 Å². The van der Waals surface area contributed by atoms with Crippen molar-refractivity contribution in [3.8, 4) is 0 Å². The number of hydrogen-bond acceptors (Lipinski definition) is 3. The van der Waals surface area contributed by atoms with Gasteiger partial charge in [-0.2, -0.15) is 0 Å². The summed E-state index contributed by atoms with van der Waals surface area (Å²) in [6, 6.07) is 7.76. The minimum Gasteiger partial charge on any atom is -0.377 e. The predicted molar refractivity (Wildman–Crippen MR) is 108 cm³/mol. The highest BCUT2D eigenvalue weighted by Crippen LogP contribution is 2.08. The van der Waals surface area contributed by atoms with Crippen LogP contribution in [0.15, 0.2) is 29.3 Å². The molecule has 0 aliphatic rings. The molecule has 0 bridgehead atoms. The molecule has 1 amide bonds. The fourth-order valence-electron chi connectivity index (χ4n) is 2.10. The second kappa shape index (κ2) is 10.8. The van der Waals surface area contributed by atoms with Gasteiger partial charge in [0.25, 0.3) is 5.91 Å². The number of carbonyl (C=O) groups excluding carboxylic acids is 1. The van der Waals surface area contributed by atoms with E-state index in [2.05, 4.69) is 27.9 Å². The highest BCUT2D eigenvalue weighted by Gasteiger charge is 2.16. The molecule has 1 unspecified atom stereocenters. The van der Waals surface area contributed by atoms with Gasteiger partial charge in [0.15, 0.2) is 5.96 Å². The smallest absolute Gasteiger partial charge is 0.251 e. The van der Waals surface area contributed by atoms with E-state index in [1.807, 2.05) is 52.0 Å². The topological polar surface area (TPSA) is 74.8 Å². The van der Waals surface area contributed by atoms with Crippen LogP contribution in [0.1, 0.15) is 57.0 Å². The molecule has 0 aliphatic heterocycles. The van der Waals surface area contributed by atoms with Crippen molar-refractivity contribution in [2.45, 2.75) is 59.2 Å². The first kappa shape index (κ1) is 22.0. The lowest BCUT2D eigenvalue weighted by Gasteiger charge is -2.24. The fourth-order valence-corrected chi connectivity index (χ4v) is 2.10. The molecule has 6 heteroatoms. The molecule has 1 aromatic rings. The number of nitrogens with zero attached hydrogens (tertiary/aromatic N) is 1. The van der Waals surface area contributed by atoms with Crippen molar-refractivity contribution < 1.29 is 9.53 Å². The first-order valence-electron chi connectivity index (χ1n) is 9.28. The molecule has 0 radical (unpaired) electrons.